The van der Waals surface area contributed by atoms with Crippen molar-refractivity contribution in [3.05, 3.63) is 0 Å². The van der Waals surface area contributed by atoms with E-state index in [1.807, 2.05) is 0 Å². The molecule has 2 fully saturated rings. The molecule has 2 aliphatic heterocycles. The van der Waals surface area contributed by atoms with E-state index in [0.29, 0.717) is 12.1 Å². The maximum absolute atomic E-state index is 11.2. The minimum absolute atomic E-state index is 0.187. The van der Waals surface area contributed by atoms with Crippen LogP contribution < -0.4 is 5.32 Å². The molecule has 12 heavy (non-hydrogen) atoms. The molecule has 0 aromatic carbocycles. The molecule has 0 saturated carbocycles. The molecule has 1 amide bonds. The van der Waals surface area contributed by atoms with E-state index < -0.39 is 0 Å². The van der Waals surface area contributed by atoms with Crippen molar-refractivity contribution >= 4 is 6.09 Å². The minimum atomic E-state index is -0.187. The molecule has 0 spiro atoms. The Balaban J connectivity index is 1.98. The second-order valence-corrected chi connectivity index (χ2v) is 3.51. The van der Waals surface area contributed by atoms with Crippen LogP contribution in [0.1, 0.15) is 12.8 Å². The standard InChI is InChI=1S/C8H14N2O2/c1-12-8(11)10-4-6-2-3-7(5-10)9-6/h6-7,9H,2-5H2,1H3. The summed E-state index contributed by atoms with van der Waals surface area (Å²) in [5, 5.41) is 3.45. The van der Waals surface area contributed by atoms with Crippen LogP contribution in [0.4, 0.5) is 4.79 Å². The number of hydrogen-bond donors (Lipinski definition) is 1. The average molecular weight is 170 g/mol. The fraction of sp³-hybridized carbons (Fsp3) is 0.875. The molecule has 2 bridgehead atoms. The molecule has 0 radical (unpaired) electrons. The molecule has 68 valence electrons. The summed E-state index contributed by atoms with van der Waals surface area (Å²) in [4.78, 5) is 13.0. The van der Waals surface area contributed by atoms with E-state index >= 15 is 0 Å². The summed E-state index contributed by atoms with van der Waals surface area (Å²) in [5.41, 5.74) is 0. The van der Waals surface area contributed by atoms with Crippen molar-refractivity contribution in [2.75, 3.05) is 20.2 Å². The lowest BCUT2D eigenvalue weighted by molar-refractivity contribution is 0.108. The number of nitrogens with one attached hydrogen (secondary N) is 1. The van der Waals surface area contributed by atoms with E-state index in [1.165, 1.54) is 20.0 Å². The molecule has 4 heteroatoms. The monoisotopic (exact) mass is 170 g/mol. The summed E-state index contributed by atoms with van der Waals surface area (Å²) in [6.07, 6.45) is 2.20. The maximum Gasteiger partial charge on any atom is 0.409 e. The number of methoxy groups -OCH3 is 1. The highest BCUT2D eigenvalue weighted by molar-refractivity contribution is 5.67. The number of ether oxygens (including phenoxy) is 1. The van der Waals surface area contributed by atoms with E-state index in [1.54, 1.807) is 4.90 Å². The third-order valence-electron chi connectivity index (χ3n) is 2.65. The van der Waals surface area contributed by atoms with Crippen molar-refractivity contribution < 1.29 is 9.53 Å². The third kappa shape index (κ3) is 1.27. The van der Waals surface area contributed by atoms with E-state index in [-0.39, 0.29) is 6.09 Å². The van der Waals surface area contributed by atoms with Crippen LogP contribution in [0.5, 0.6) is 0 Å². The van der Waals surface area contributed by atoms with Crippen LogP contribution in [0.25, 0.3) is 0 Å². The van der Waals surface area contributed by atoms with Crippen LogP contribution in [0.2, 0.25) is 0 Å². The fourth-order valence-corrected chi connectivity index (χ4v) is 2.08. The van der Waals surface area contributed by atoms with Gasteiger partial charge in [-0.3, -0.25) is 0 Å². The molecule has 2 unspecified atom stereocenters. The lowest BCUT2D eigenvalue weighted by atomic mass is 10.2. The number of amides is 1. The molecule has 0 aromatic rings. The Morgan fingerprint density at radius 2 is 2.00 bits per heavy atom. The zero-order valence-electron chi connectivity index (χ0n) is 7.25. The number of rotatable bonds is 0. The first kappa shape index (κ1) is 7.86. The molecular formula is C8H14N2O2. The van der Waals surface area contributed by atoms with Crippen molar-refractivity contribution in [2.24, 2.45) is 0 Å². The summed E-state index contributed by atoms with van der Waals surface area (Å²) in [6, 6.07) is 1.01. The molecule has 2 rings (SSSR count). The van der Waals surface area contributed by atoms with Gasteiger partial charge in [-0.1, -0.05) is 0 Å². The second-order valence-electron chi connectivity index (χ2n) is 3.51. The van der Waals surface area contributed by atoms with Crippen LogP contribution in [-0.2, 0) is 4.74 Å². The van der Waals surface area contributed by atoms with Crippen molar-refractivity contribution in [1.29, 1.82) is 0 Å². The summed E-state index contributed by atoms with van der Waals surface area (Å²) >= 11 is 0. The zero-order chi connectivity index (χ0) is 8.55. The lowest BCUT2D eigenvalue weighted by Crippen LogP contribution is -2.52. The Hall–Kier alpha value is -0.770. The van der Waals surface area contributed by atoms with Gasteiger partial charge in [0.05, 0.1) is 7.11 Å². The predicted octanol–water partition coefficient (Wildman–Crippen LogP) is 0.189. The third-order valence-corrected chi connectivity index (χ3v) is 2.65. The molecule has 2 aliphatic rings. The van der Waals surface area contributed by atoms with Gasteiger partial charge in [0, 0.05) is 25.2 Å². The topological polar surface area (TPSA) is 41.6 Å². The van der Waals surface area contributed by atoms with Gasteiger partial charge in [0.25, 0.3) is 0 Å². The van der Waals surface area contributed by atoms with Gasteiger partial charge < -0.3 is 15.0 Å². The SMILES string of the molecule is COC(=O)N1CC2CCC(C1)N2. The number of carbonyl (C=O) groups excluding carboxylic acids is 1. The van der Waals surface area contributed by atoms with Crippen LogP contribution in [-0.4, -0.2) is 43.3 Å². The number of fused-ring (bicyclic) bond motifs is 2. The predicted molar refractivity (Wildman–Crippen MR) is 43.9 cm³/mol. The largest absolute Gasteiger partial charge is 0.453 e. The van der Waals surface area contributed by atoms with Crippen molar-refractivity contribution in [3.8, 4) is 0 Å². The van der Waals surface area contributed by atoms with Crippen LogP contribution >= 0.6 is 0 Å². The van der Waals surface area contributed by atoms with E-state index in [2.05, 4.69) is 10.1 Å². The van der Waals surface area contributed by atoms with Gasteiger partial charge in [-0.2, -0.15) is 0 Å². The molecule has 2 atom stereocenters. The summed E-state index contributed by atoms with van der Waals surface area (Å²) in [5.74, 6) is 0. The Morgan fingerprint density at radius 1 is 1.42 bits per heavy atom. The number of nitrogens with zero attached hydrogens (tertiary/aromatic N) is 1. The van der Waals surface area contributed by atoms with Gasteiger partial charge in [0.15, 0.2) is 0 Å². The second kappa shape index (κ2) is 2.94. The highest BCUT2D eigenvalue weighted by Gasteiger charge is 2.34. The molecule has 2 heterocycles. The normalized spacial score (nSPS) is 33.6. The van der Waals surface area contributed by atoms with Crippen LogP contribution in [0, 0.1) is 0 Å². The Kier molecular flexibility index (Phi) is 1.92. The number of likely N-dealkylation sites (tertiary alicyclic amines) is 1. The fourth-order valence-electron chi connectivity index (χ4n) is 2.08. The van der Waals surface area contributed by atoms with Crippen molar-refractivity contribution in [1.82, 2.24) is 10.2 Å². The molecule has 1 N–H and O–H groups in total. The van der Waals surface area contributed by atoms with E-state index in [9.17, 15) is 4.79 Å². The minimum Gasteiger partial charge on any atom is -0.453 e. The first-order valence-electron chi connectivity index (χ1n) is 4.38. The summed E-state index contributed by atoms with van der Waals surface area (Å²) in [6.45, 7) is 1.62. The van der Waals surface area contributed by atoms with Gasteiger partial charge in [-0.05, 0) is 12.8 Å². The van der Waals surface area contributed by atoms with Crippen molar-refractivity contribution in [3.63, 3.8) is 0 Å². The Labute approximate surface area is 71.9 Å². The van der Waals surface area contributed by atoms with Gasteiger partial charge in [0.2, 0.25) is 0 Å². The summed E-state index contributed by atoms with van der Waals surface area (Å²) in [7, 11) is 1.44. The highest BCUT2D eigenvalue weighted by atomic mass is 16.5. The maximum atomic E-state index is 11.2. The summed E-state index contributed by atoms with van der Waals surface area (Å²) < 4.78 is 4.67. The Morgan fingerprint density at radius 3 is 2.50 bits per heavy atom. The van der Waals surface area contributed by atoms with Gasteiger partial charge in [0.1, 0.15) is 0 Å². The van der Waals surface area contributed by atoms with Gasteiger partial charge in [-0.25, -0.2) is 4.79 Å². The first-order valence-corrected chi connectivity index (χ1v) is 4.38. The number of piperazine rings is 1. The van der Waals surface area contributed by atoms with Crippen molar-refractivity contribution in [2.45, 2.75) is 24.9 Å². The molecule has 2 saturated heterocycles. The average Bonchev–Trinajstić information content (AvgIpc) is 2.44. The van der Waals surface area contributed by atoms with E-state index in [0.717, 1.165) is 13.1 Å². The zero-order valence-corrected chi connectivity index (χ0v) is 7.25. The smallest absolute Gasteiger partial charge is 0.409 e. The highest BCUT2D eigenvalue weighted by Crippen LogP contribution is 2.20. The molecule has 0 aromatic heterocycles. The lowest BCUT2D eigenvalue weighted by Gasteiger charge is -2.31. The number of carbonyl (C=O) groups is 1. The Bertz CT molecular complexity index is 183. The van der Waals surface area contributed by atoms with Crippen LogP contribution in [0.3, 0.4) is 0 Å². The van der Waals surface area contributed by atoms with Crippen LogP contribution in [0.15, 0.2) is 0 Å². The van der Waals surface area contributed by atoms with E-state index in [4.69, 9.17) is 0 Å². The van der Waals surface area contributed by atoms with Gasteiger partial charge in [-0.15, -0.1) is 0 Å². The van der Waals surface area contributed by atoms with Gasteiger partial charge >= 0.3 is 6.09 Å². The molecule has 0 aliphatic carbocycles. The number of hydrogen-bond acceptors (Lipinski definition) is 3. The molecule has 4 nitrogen and oxygen atoms in total. The quantitative estimate of drug-likeness (QED) is 0.564. The molecular weight excluding hydrogens is 156 g/mol. The first-order chi connectivity index (χ1) is 5.79.